The predicted molar refractivity (Wildman–Crippen MR) is 97.9 cm³/mol. The van der Waals surface area contributed by atoms with Gasteiger partial charge in [0.15, 0.2) is 0 Å². The third-order valence-corrected chi connectivity index (χ3v) is 4.80. The number of amides is 1. The van der Waals surface area contributed by atoms with E-state index < -0.39 is 5.60 Å². The Hall–Kier alpha value is -1.23. The van der Waals surface area contributed by atoms with Gasteiger partial charge in [-0.2, -0.15) is 0 Å². The van der Waals surface area contributed by atoms with Gasteiger partial charge >= 0.3 is 6.09 Å². The molecule has 1 aromatic carbocycles. The van der Waals surface area contributed by atoms with Crippen molar-refractivity contribution < 1.29 is 9.53 Å². The van der Waals surface area contributed by atoms with Crippen LogP contribution in [0.5, 0.6) is 0 Å². The summed E-state index contributed by atoms with van der Waals surface area (Å²) in [7, 11) is 0. The molecule has 1 aliphatic heterocycles. The van der Waals surface area contributed by atoms with Crippen LogP contribution in [0.1, 0.15) is 45.6 Å². The van der Waals surface area contributed by atoms with Crippen molar-refractivity contribution in [2.24, 2.45) is 0 Å². The van der Waals surface area contributed by atoms with Gasteiger partial charge in [0.05, 0.1) is 0 Å². The summed E-state index contributed by atoms with van der Waals surface area (Å²) in [6, 6.07) is 6.71. The molecule has 0 spiro atoms. The van der Waals surface area contributed by atoms with Gasteiger partial charge in [0, 0.05) is 29.3 Å². The molecule has 0 aromatic heterocycles. The van der Waals surface area contributed by atoms with Crippen molar-refractivity contribution in [1.82, 2.24) is 4.90 Å². The second kappa shape index (κ2) is 7.56. The third kappa shape index (κ3) is 5.72. The first-order valence-electron chi connectivity index (χ1n) is 8.25. The Kier molecular flexibility index (Phi) is 5.95. The lowest BCUT2D eigenvalue weighted by molar-refractivity contribution is 0.0256. The highest BCUT2D eigenvalue weighted by molar-refractivity contribution is 9.10. The molecule has 128 valence electrons. The van der Waals surface area contributed by atoms with Gasteiger partial charge in [-0.25, -0.2) is 4.79 Å². The highest BCUT2D eigenvalue weighted by atomic mass is 79.9. The molecule has 1 N–H and O–H groups in total. The van der Waals surface area contributed by atoms with Gasteiger partial charge in [0.1, 0.15) is 5.60 Å². The molecule has 1 aromatic rings. The molecule has 1 aliphatic rings. The number of aryl methyl sites for hydroxylation is 1. The first kappa shape index (κ1) is 18.1. The lowest BCUT2D eigenvalue weighted by Gasteiger charge is -2.26. The van der Waals surface area contributed by atoms with E-state index >= 15 is 0 Å². The smallest absolute Gasteiger partial charge is 0.410 e. The van der Waals surface area contributed by atoms with Gasteiger partial charge in [-0.15, -0.1) is 0 Å². The van der Waals surface area contributed by atoms with Crippen LogP contribution in [-0.2, 0) is 4.74 Å². The molecule has 0 radical (unpaired) electrons. The monoisotopic (exact) mass is 382 g/mol. The topological polar surface area (TPSA) is 41.6 Å². The predicted octanol–water partition coefficient (Wildman–Crippen LogP) is 4.96. The zero-order valence-corrected chi connectivity index (χ0v) is 16.1. The fourth-order valence-corrected chi connectivity index (χ4v) is 2.97. The van der Waals surface area contributed by atoms with E-state index in [1.807, 2.05) is 25.7 Å². The van der Waals surface area contributed by atoms with Gasteiger partial charge in [-0.3, -0.25) is 0 Å². The Labute approximate surface area is 147 Å². The lowest BCUT2D eigenvalue weighted by Crippen LogP contribution is -2.37. The van der Waals surface area contributed by atoms with Crippen LogP contribution >= 0.6 is 15.9 Å². The number of carbonyl (C=O) groups excluding carboxylic acids is 1. The molecule has 1 atom stereocenters. The normalized spacial score (nSPS) is 19.2. The van der Waals surface area contributed by atoms with Crippen molar-refractivity contribution in [3.05, 3.63) is 28.2 Å². The van der Waals surface area contributed by atoms with E-state index in [1.165, 1.54) is 5.56 Å². The lowest BCUT2D eigenvalue weighted by atomic mass is 10.1. The minimum atomic E-state index is -0.435. The van der Waals surface area contributed by atoms with E-state index in [4.69, 9.17) is 4.74 Å². The first-order chi connectivity index (χ1) is 10.7. The van der Waals surface area contributed by atoms with Gasteiger partial charge < -0.3 is 15.0 Å². The molecule has 2 rings (SSSR count). The van der Waals surface area contributed by atoms with E-state index in [0.717, 1.165) is 42.5 Å². The van der Waals surface area contributed by atoms with Crippen molar-refractivity contribution >= 4 is 27.7 Å². The summed E-state index contributed by atoms with van der Waals surface area (Å²) in [6.07, 6.45) is 2.80. The van der Waals surface area contributed by atoms with Crippen molar-refractivity contribution in [1.29, 1.82) is 0 Å². The van der Waals surface area contributed by atoms with E-state index in [0.29, 0.717) is 6.04 Å². The molecule has 0 aliphatic carbocycles. The molecule has 5 heteroatoms. The van der Waals surface area contributed by atoms with Crippen LogP contribution in [0.25, 0.3) is 0 Å². The van der Waals surface area contributed by atoms with E-state index in [-0.39, 0.29) is 6.09 Å². The van der Waals surface area contributed by atoms with Crippen molar-refractivity contribution in [2.75, 3.05) is 18.4 Å². The molecular formula is C18H27BrN2O2. The number of anilines is 1. The third-order valence-electron chi connectivity index (χ3n) is 3.91. The fraction of sp³-hybridized carbons (Fsp3) is 0.611. The van der Waals surface area contributed by atoms with Crippen LogP contribution in [0.15, 0.2) is 22.7 Å². The second-order valence-electron chi connectivity index (χ2n) is 7.20. The number of rotatable bonds is 2. The van der Waals surface area contributed by atoms with Gasteiger partial charge in [-0.1, -0.05) is 15.9 Å². The minimum absolute atomic E-state index is 0.197. The molecule has 23 heavy (non-hydrogen) atoms. The van der Waals surface area contributed by atoms with E-state index in [9.17, 15) is 4.79 Å². The molecule has 1 fully saturated rings. The van der Waals surface area contributed by atoms with Gasteiger partial charge in [0.25, 0.3) is 0 Å². The van der Waals surface area contributed by atoms with Crippen molar-refractivity contribution in [2.45, 2.75) is 58.6 Å². The fourth-order valence-electron chi connectivity index (χ4n) is 2.72. The SMILES string of the molecule is Cc1cc(NC2CCCN(C(=O)OC(C)(C)C)CC2)ccc1Br. The molecule has 0 bridgehead atoms. The number of carbonyl (C=O) groups is 1. The van der Waals surface area contributed by atoms with Crippen LogP contribution in [-0.4, -0.2) is 35.7 Å². The molecular weight excluding hydrogens is 356 g/mol. The largest absolute Gasteiger partial charge is 0.444 e. The van der Waals surface area contributed by atoms with Crippen molar-refractivity contribution in [3.8, 4) is 0 Å². The maximum absolute atomic E-state index is 12.2. The molecule has 1 saturated heterocycles. The second-order valence-corrected chi connectivity index (χ2v) is 8.06. The average Bonchev–Trinajstić information content (AvgIpc) is 2.67. The number of hydrogen-bond donors (Lipinski definition) is 1. The van der Waals surface area contributed by atoms with Gasteiger partial charge in [-0.05, 0) is 70.7 Å². The van der Waals surface area contributed by atoms with Crippen LogP contribution in [0.3, 0.4) is 0 Å². The van der Waals surface area contributed by atoms with Crippen LogP contribution < -0.4 is 5.32 Å². The Bertz CT molecular complexity index is 554. The van der Waals surface area contributed by atoms with E-state index in [1.54, 1.807) is 0 Å². The zero-order valence-electron chi connectivity index (χ0n) is 14.5. The molecule has 1 unspecified atom stereocenters. The number of ether oxygens (including phenoxy) is 1. The number of likely N-dealkylation sites (tertiary alicyclic amines) is 1. The Morgan fingerprint density at radius 1 is 1.30 bits per heavy atom. The van der Waals surface area contributed by atoms with E-state index in [2.05, 4.69) is 46.4 Å². The number of hydrogen-bond acceptors (Lipinski definition) is 3. The number of nitrogens with one attached hydrogen (secondary N) is 1. The Morgan fingerprint density at radius 3 is 2.70 bits per heavy atom. The Morgan fingerprint density at radius 2 is 2.04 bits per heavy atom. The highest BCUT2D eigenvalue weighted by Gasteiger charge is 2.25. The molecule has 1 amide bonds. The maximum Gasteiger partial charge on any atom is 0.410 e. The maximum atomic E-state index is 12.2. The quantitative estimate of drug-likeness (QED) is 0.785. The summed E-state index contributed by atoms with van der Waals surface area (Å²) in [5, 5.41) is 3.60. The average molecular weight is 383 g/mol. The summed E-state index contributed by atoms with van der Waals surface area (Å²) >= 11 is 3.53. The molecule has 4 nitrogen and oxygen atoms in total. The summed E-state index contributed by atoms with van der Waals surface area (Å²) in [5.41, 5.74) is 1.93. The van der Waals surface area contributed by atoms with Crippen LogP contribution in [0.4, 0.5) is 10.5 Å². The van der Waals surface area contributed by atoms with Gasteiger partial charge in [0.2, 0.25) is 0 Å². The minimum Gasteiger partial charge on any atom is -0.444 e. The zero-order chi connectivity index (χ0) is 17.0. The number of nitrogens with zero attached hydrogens (tertiary/aromatic N) is 1. The van der Waals surface area contributed by atoms with Crippen LogP contribution in [0, 0.1) is 6.92 Å². The molecule has 1 heterocycles. The summed E-state index contributed by atoms with van der Waals surface area (Å²) in [5.74, 6) is 0. The highest BCUT2D eigenvalue weighted by Crippen LogP contribution is 2.23. The van der Waals surface area contributed by atoms with Crippen LogP contribution in [0.2, 0.25) is 0 Å². The first-order valence-corrected chi connectivity index (χ1v) is 9.04. The number of halogens is 1. The number of benzene rings is 1. The summed E-state index contributed by atoms with van der Waals surface area (Å²) in [4.78, 5) is 14.0. The molecule has 0 saturated carbocycles. The summed E-state index contributed by atoms with van der Waals surface area (Å²) in [6.45, 7) is 9.32. The standard InChI is InChI=1S/C18H27BrN2O2/c1-13-12-15(7-8-16(13)19)20-14-6-5-10-21(11-9-14)17(22)23-18(2,3)4/h7-8,12,14,20H,5-6,9-11H2,1-4H3. The Balaban J connectivity index is 1.90. The summed E-state index contributed by atoms with van der Waals surface area (Å²) < 4.78 is 6.60. The van der Waals surface area contributed by atoms with Crippen molar-refractivity contribution in [3.63, 3.8) is 0 Å².